The zero-order chi connectivity index (χ0) is 24.8. The van der Waals surface area contributed by atoms with Crippen molar-refractivity contribution in [3.05, 3.63) is 0 Å². The minimum Gasteiger partial charge on any atom is -0.480 e. The first kappa shape index (κ1) is 29.2. The third-order valence-corrected chi connectivity index (χ3v) is 4.51. The Hall–Kier alpha value is -2.81. The van der Waals surface area contributed by atoms with Gasteiger partial charge in [0.15, 0.2) is 0 Å². The topological polar surface area (TPSA) is 260 Å². The predicted octanol–water partition coefficient (Wildman–Crippen LogP) is -4.38. The van der Waals surface area contributed by atoms with E-state index in [1.807, 2.05) is 0 Å². The first-order valence-corrected chi connectivity index (χ1v) is 10.1. The zero-order valence-electron chi connectivity index (χ0n) is 18.0. The maximum absolute atomic E-state index is 12.6. The molecule has 14 heteroatoms. The molecule has 0 aromatic carbocycles. The van der Waals surface area contributed by atoms with E-state index in [2.05, 4.69) is 16.0 Å². The van der Waals surface area contributed by atoms with Crippen LogP contribution in [0.1, 0.15) is 39.0 Å². The quantitative estimate of drug-likeness (QED) is 0.0994. The molecule has 0 spiro atoms. The minimum absolute atomic E-state index is 0.0985. The first-order chi connectivity index (χ1) is 14.9. The van der Waals surface area contributed by atoms with Gasteiger partial charge in [0.2, 0.25) is 23.6 Å². The van der Waals surface area contributed by atoms with Crippen LogP contribution in [0.2, 0.25) is 0 Å². The molecule has 0 bridgehead atoms. The lowest BCUT2D eigenvalue weighted by Gasteiger charge is -2.24. The summed E-state index contributed by atoms with van der Waals surface area (Å²) in [6.07, 6.45) is -0.685. The summed E-state index contributed by atoms with van der Waals surface area (Å²) < 4.78 is 0. The number of aliphatic hydroxyl groups excluding tert-OH is 2. The number of primary amides is 1. The normalized spacial score (nSPS) is 15.5. The predicted molar refractivity (Wildman–Crippen MR) is 112 cm³/mol. The van der Waals surface area contributed by atoms with Crippen molar-refractivity contribution in [2.45, 2.75) is 69.3 Å². The number of carbonyl (C=O) groups is 5. The molecule has 0 heterocycles. The van der Waals surface area contributed by atoms with Gasteiger partial charge in [-0.15, -0.1) is 0 Å². The van der Waals surface area contributed by atoms with Crippen LogP contribution in [0.4, 0.5) is 0 Å². The van der Waals surface area contributed by atoms with Crippen LogP contribution in [0.15, 0.2) is 0 Å². The Balaban J connectivity index is 5.31. The summed E-state index contributed by atoms with van der Waals surface area (Å²) in [4.78, 5) is 59.6. The second-order valence-corrected chi connectivity index (χ2v) is 7.26. The van der Waals surface area contributed by atoms with E-state index in [-0.39, 0.29) is 19.3 Å². The SMILES string of the molecule is CC(O)C(N)C(=O)NC(CO)C(=O)NC(CCC(N)=O)C(=O)NC(CCCCN)C(=O)O. The van der Waals surface area contributed by atoms with Gasteiger partial charge in [0.25, 0.3) is 0 Å². The number of aliphatic carboxylic acids is 1. The minimum atomic E-state index is -1.52. The van der Waals surface area contributed by atoms with Gasteiger partial charge in [-0.05, 0) is 39.2 Å². The highest BCUT2D eigenvalue weighted by molar-refractivity contribution is 5.94. The maximum Gasteiger partial charge on any atom is 0.326 e. The number of rotatable bonds is 16. The number of amides is 4. The van der Waals surface area contributed by atoms with Gasteiger partial charge < -0.3 is 48.5 Å². The standard InChI is InChI=1S/C18H34N6O8/c1-9(26)14(21)17(30)24-12(8-25)16(29)22-10(5-6-13(20)27)15(28)23-11(18(31)32)4-2-3-7-19/h9-12,14,25-26H,2-8,19,21H2,1H3,(H2,20,27)(H,22,29)(H,23,28)(H,24,30)(H,31,32). The van der Waals surface area contributed by atoms with Gasteiger partial charge >= 0.3 is 5.97 Å². The van der Waals surface area contributed by atoms with Crippen LogP contribution in [-0.2, 0) is 24.0 Å². The third-order valence-electron chi connectivity index (χ3n) is 4.51. The van der Waals surface area contributed by atoms with Gasteiger partial charge in [0.1, 0.15) is 24.2 Å². The first-order valence-electron chi connectivity index (χ1n) is 10.1. The third kappa shape index (κ3) is 11.0. The molecule has 0 aromatic heterocycles. The number of nitrogens with one attached hydrogen (secondary N) is 3. The highest BCUT2D eigenvalue weighted by Crippen LogP contribution is 2.04. The highest BCUT2D eigenvalue weighted by Gasteiger charge is 2.30. The van der Waals surface area contributed by atoms with Crippen molar-refractivity contribution in [2.75, 3.05) is 13.2 Å². The molecule has 5 unspecified atom stereocenters. The second kappa shape index (κ2) is 15.1. The van der Waals surface area contributed by atoms with E-state index < -0.39 is 66.5 Å². The largest absolute Gasteiger partial charge is 0.480 e. The molecule has 0 fully saturated rings. The summed E-state index contributed by atoms with van der Waals surface area (Å²) >= 11 is 0. The molecule has 12 N–H and O–H groups in total. The molecule has 32 heavy (non-hydrogen) atoms. The molecule has 0 aliphatic rings. The van der Waals surface area contributed by atoms with Crippen LogP contribution in [0.5, 0.6) is 0 Å². The fourth-order valence-corrected chi connectivity index (χ4v) is 2.53. The van der Waals surface area contributed by atoms with Gasteiger partial charge in [-0.1, -0.05) is 0 Å². The Kier molecular flexibility index (Phi) is 13.7. The number of hydrogen-bond acceptors (Lipinski definition) is 9. The van der Waals surface area contributed by atoms with E-state index in [1.54, 1.807) is 0 Å². The van der Waals surface area contributed by atoms with Gasteiger partial charge in [0.05, 0.1) is 12.7 Å². The average Bonchev–Trinajstić information content (AvgIpc) is 2.72. The van der Waals surface area contributed by atoms with E-state index >= 15 is 0 Å². The molecule has 0 aliphatic carbocycles. The van der Waals surface area contributed by atoms with E-state index in [4.69, 9.17) is 17.2 Å². The van der Waals surface area contributed by atoms with E-state index in [1.165, 1.54) is 6.92 Å². The summed E-state index contributed by atoms with van der Waals surface area (Å²) in [5.41, 5.74) is 15.9. The van der Waals surface area contributed by atoms with E-state index in [9.17, 15) is 39.3 Å². The average molecular weight is 463 g/mol. The fourth-order valence-electron chi connectivity index (χ4n) is 2.53. The molecule has 0 rings (SSSR count). The Morgan fingerprint density at radius 2 is 1.41 bits per heavy atom. The van der Waals surface area contributed by atoms with Crippen molar-refractivity contribution < 1.29 is 39.3 Å². The van der Waals surface area contributed by atoms with Crippen LogP contribution < -0.4 is 33.2 Å². The molecule has 184 valence electrons. The number of carboxylic acids is 1. The summed E-state index contributed by atoms with van der Waals surface area (Å²) in [5.74, 6) is -4.84. The summed E-state index contributed by atoms with van der Waals surface area (Å²) in [5, 5.41) is 34.8. The molecule has 0 saturated heterocycles. The fraction of sp³-hybridized carbons (Fsp3) is 0.722. The van der Waals surface area contributed by atoms with Crippen molar-refractivity contribution in [1.82, 2.24) is 16.0 Å². The van der Waals surface area contributed by atoms with Crippen LogP contribution in [-0.4, -0.2) is 88.3 Å². The number of carboxylic acid groups (broad SMARTS) is 1. The number of unbranched alkanes of at least 4 members (excludes halogenated alkanes) is 1. The molecular formula is C18H34N6O8. The van der Waals surface area contributed by atoms with Crippen molar-refractivity contribution in [3.8, 4) is 0 Å². The molecule has 14 nitrogen and oxygen atoms in total. The number of nitrogens with two attached hydrogens (primary N) is 3. The van der Waals surface area contributed by atoms with Gasteiger partial charge in [-0.25, -0.2) is 4.79 Å². The van der Waals surface area contributed by atoms with Crippen LogP contribution in [0, 0.1) is 0 Å². The van der Waals surface area contributed by atoms with Gasteiger partial charge in [0, 0.05) is 6.42 Å². The monoisotopic (exact) mass is 462 g/mol. The summed E-state index contributed by atoms with van der Waals surface area (Å²) in [6, 6.07) is -5.51. The van der Waals surface area contributed by atoms with Crippen molar-refractivity contribution in [3.63, 3.8) is 0 Å². The van der Waals surface area contributed by atoms with Crippen LogP contribution in [0.25, 0.3) is 0 Å². The van der Waals surface area contributed by atoms with Gasteiger partial charge in [-0.3, -0.25) is 19.2 Å². The van der Waals surface area contributed by atoms with E-state index in [0.717, 1.165) is 0 Å². The van der Waals surface area contributed by atoms with E-state index in [0.29, 0.717) is 19.4 Å². The molecule has 0 radical (unpaired) electrons. The van der Waals surface area contributed by atoms with Crippen molar-refractivity contribution in [1.29, 1.82) is 0 Å². The molecule has 5 atom stereocenters. The van der Waals surface area contributed by atoms with Crippen LogP contribution in [0.3, 0.4) is 0 Å². The molecule has 0 aliphatic heterocycles. The zero-order valence-corrected chi connectivity index (χ0v) is 18.0. The van der Waals surface area contributed by atoms with Crippen molar-refractivity contribution in [2.24, 2.45) is 17.2 Å². The van der Waals surface area contributed by atoms with Crippen LogP contribution >= 0.6 is 0 Å². The lowest BCUT2D eigenvalue weighted by atomic mass is 10.1. The number of carbonyl (C=O) groups excluding carboxylic acids is 4. The van der Waals surface area contributed by atoms with Crippen molar-refractivity contribution >= 4 is 29.6 Å². The Morgan fingerprint density at radius 1 is 0.875 bits per heavy atom. The Labute approximate surface area is 185 Å². The smallest absolute Gasteiger partial charge is 0.326 e. The molecule has 0 saturated carbocycles. The van der Waals surface area contributed by atoms with Gasteiger partial charge in [-0.2, -0.15) is 0 Å². The maximum atomic E-state index is 12.6. The Morgan fingerprint density at radius 3 is 1.88 bits per heavy atom. The molecule has 4 amide bonds. The Bertz CT molecular complexity index is 659. The number of aliphatic hydroxyl groups is 2. The highest BCUT2D eigenvalue weighted by atomic mass is 16.4. The lowest BCUT2D eigenvalue weighted by Crippen LogP contribution is -2.59. The molecule has 0 aromatic rings. The molecular weight excluding hydrogens is 428 g/mol. The summed E-state index contributed by atoms with van der Waals surface area (Å²) in [6.45, 7) is 0.755. The second-order valence-electron chi connectivity index (χ2n) is 7.26. The lowest BCUT2D eigenvalue weighted by molar-refractivity contribution is -0.142. The number of hydrogen-bond donors (Lipinski definition) is 9. The summed E-state index contributed by atoms with van der Waals surface area (Å²) in [7, 11) is 0.